The summed E-state index contributed by atoms with van der Waals surface area (Å²) in [7, 11) is 0. The van der Waals surface area contributed by atoms with E-state index >= 15 is 0 Å². The smallest absolute Gasteiger partial charge is 0.416 e. The standard InChI is InChI=1S/C24H19F3N4O3/c1-2-21(32)34-18-9-10-20-19(13-18)29-23(31(20)17-8-4-7-16(28)12-17)30-22(33)14-5-3-6-15(11-14)24(25,26)27/h3-13H,2,28H2,1H3,(H,29,30,33). The highest BCUT2D eigenvalue weighted by molar-refractivity contribution is 6.04. The number of nitrogen functional groups attached to an aromatic ring is 1. The molecule has 0 atom stereocenters. The highest BCUT2D eigenvalue weighted by atomic mass is 19.4. The van der Waals surface area contributed by atoms with E-state index in [0.29, 0.717) is 22.4 Å². The number of hydrogen-bond acceptors (Lipinski definition) is 5. The van der Waals surface area contributed by atoms with Gasteiger partial charge >= 0.3 is 12.1 Å². The van der Waals surface area contributed by atoms with Gasteiger partial charge in [0.25, 0.3) is 5.91 Å². The maximum absolute atomic E-state index is 13.1. The van der Waals surface area contributed by atoms with E-state index in [1.165, 1.54) is 12.1 Å². The van der Waals surface area contributed by atoms with Crippen molar-refractivity contribution in [2.75, 3.05) is 11.1 Å². The number of anilines is 2. The summed E-state index contributed by atoms with van der Waals surface area (Å²) in [5, 5.41) is 2.58. The van der Waals surface area contributed by atoms with E-state index in [1.807, 2.05) is 0 Å². The monoisotopic (exact) mass is 468 g/mol. The number of benzene rings is 3. The summed E-state index contributed by atoms with van der Waals surface area (Å²) >= 11 is 0. The van der Waals surface area contributed by atoms with Gasteiger partial charge in [0.1, 0.15) is 5.75 Å². The second-order valence-corrected chi connectivity index (χ2v) is 7.38. The van der Waals surface area contributed by atoms with E-state index in [2.05, 4.69) is 10.3 Å². The van der Waals surface area contributed by atoms with Crippen LogP contribution < -0.4 is 15.8 Å². The van der Waals surface area contributed by atoms with Gasteiger partial charge in [-0.25, -0.2) is 4.98 Å². The van der Waals surface area contributed by atoms with E-state index in [0.717, 1.165) is 18.2 Å². The topological polar surface area (TPSA) is 99.2 Å². The minimum atomic E-state index is -4.59. The Kier molecular flexibility index (Phi) is 5.97. The minimum absolute atomic E-state index is 0.0574. The molecule has 0 spiro atoms. The first-order valence-corrected chi connectivity index (χ1v) is 10.2. The lowest BCUT2D eigenvalue weighted by molar-refractivity contribution is -0.137. The van der Waals surface area contributed by atoms with Gasteiger partial charge in [-0.2, -0.15) is 13.2 Å². The van der Waals surface area contributed by atoms with Crippen LogP contribution in [0.15, 0.2) is 66.7 Å². The summed E-state index contributed by atoms with van der Waals surface area (Å²) in [6, 6.07) is 15.7. The van der Waals surface area contributed by atoms with Crippen LogP contribution in [0.4, 0.5) is 24.8 Å². The van der Waals surface area contributed by atoms with Gasteiger partial charge in [-0.3, -0.25) is 19.5 Å². The highest BCUT2D eigenvalue weighted by Gasteiger charge is 2.31. The van der Waals surface area contributed by atoms with E-state index in [9.17, 15) is 22.8 Å². The van der Waals surface area contributed by atoms with Crippen molar-refractivity contribution in [1.29, 1.82) is 0 Å². The molecule has 0 saturated heterocycles. The predicted molar refractivity (Wildman–Crippen MR) is 121 cm³/mol. The molecule has 10 heteroatoms. The summed E-state index contributed by atoms with van der Waals surface area (Å²) in [4.78, 5) is 28.9. The van der Waals surface area contributed by atoms with Crippen LogP contribution in [0.25, 0.3) is 16.7 Å². The maximum atomic E-state index is 13.1. The van der Waals surface area contributed by atoms with Gasteiger partial charge in [0.05, 0.1) is 22.3 Å². The SMILES string of the molecule is CCC(=O)Oc1ccc2c(c1)nc(NC(=O)c1cccc(C(F)(F)F)c1)n2-c1cccc(N)c1. The lowest BCUT2D eigenvalue weighted by Gasteiger charge is -2.12. The number of alkyl halides is 3. The van der Waals surface area contributed by atoms with Crippen molar-refractivity contribution in [3.8, 4) is 11.4 Å². The van der Waals surface area contributed by atoms with Gasteiger partial charge in [-0.05, 0) is 48.5 Å². The molecule has 0 radical (unpaired) electrons. The number of fused-ring (bicyclic) bond motifs is 1. The van der Waals surface area contributed by atoms with E-state index < -0.39 is 23.6 Å². The summed E-state index contributed by atoms with van der Waals surface area (Å²) in [5.74, 6) is -0.869. The van der Waals surface area contributed by atoms with E-state index in [1.54, 1.807) is 47.9 Å². The van der Waals surface area contributed by atoms with Crippen LogP contribution in [-0.2, 0) is 11.0 Å². The lowest BCUT2D eigenvalue weighted by atomic mass is 10.1. The molecule has 7 nitrogen and oxygen atoms in total. The predicted octanol–water partition coefficient (Wildman–Crippen LogP) is 5.19. The van der Waals surface area contributed by atoms with Crippen molar-refractivity contribution < 1.29 is 27.5 Å². The van der Waals surface area contributed by atoms with Crippen molar-refractivity contribution in [2.24, 2.45) is 0 Å². The molecule has 0 fully saturated rings. The molecule has 1 heterocycles. The van der Waals surface area contributed by atoms with Crippen molar-refractivity contribution in [2.45, 2.75) is 19.5 Å². The zero-order chi connectivity index (χ0) is 24.5. The number of nitrogens with zero attached hydrogens (tertiary/aromatic N) is 2. The summed E-state index contributed by atoms with van der Waals surface area (Å²) < 4.78 is 46.1. The molecule has 4 rings (SSSR count). The van der Waals surface area contributed by atoms with Crippen LogP contribution in [-0.4, -0.2) is 21.4 Å². The fourth-order valence-corrected chi connectivity index (χ4v) is 3.35. The van der Waals surface area contributed by atoms with Crippen molar-refractivity contribution in [3.05, 3.63) is 77.9 Å². The Bertz CT molecular complexity index is 1400. The first-order valence-electron chi connectivity index (χ1n) is 10.2. The van der Waals surface area contributed by atoms with Crippen LogP contribution in [0.2, 0.25) is 0 Å². The molecule has 0 unspecified atom stereocenters. The molecule has 174 valence electrons. The lowest BCUT2D eigenvalue weighted by Crippen LogP contribution is -2.16. The maximum Gasteiger partial charge on any atom is 0.416 e. The van der Waals surface area contributed by atoms with Crippen LogP contribution >= 0.6 is 0 Å². The molecule has 34 heavy (non-hydrogen) atoms. The number of carbonyl (C=O) groups is 2. The Morgan fingerprint density at radius 1 is 1.06 bits per heavy atom. The number of nitrogens with two attached hydrogens (primary N) is 1. The first kappa shape index (κ1) is 22.8. The summed E-state index contributed by atoms with van der Waals surface area (Å²) in [5.41, 5.74) is 6.78. The number of aromatic nitrogens is 2. The van der Waals surface area contributed by atoms with Gasteiger partial charge in [0.15, 0.2) is 0 Å². The number of imidazole rings is 1. The van der Waals surface area contributed by atoms with Crippen LogP contribution in [0.5, 0.6) is 5.75 Å². The van der Waals surface area contributed by atoms with Gasteiger partial charge in [0, 0.05) is 23.7 Å². The molecule has 4 aromatic rings. The molecular weight excluding hydrogens is 449 g/mol. The summed E-state index contributed by atoms with van der Waals surface area (Å²) in [6.07, 6.45) is -4.40. The van der Waals surface area contributed by atoms with Crippen LogP contribution in [0, 0.1) is 0 Å². The zero-order valence-electron chi connectivity index (χ0n) is 17.9. The first-order chi connectivity index (χ1) is 16.2. The number of esters is 1. The van der Waals surface area contributed by atoms with Crippen LogP contribution in [0.1, 0.15) is 29.3 Å². The van der Waals surface area contributed by atoms with Crippen molar-refractivity contribution >= 4 is 34.5 Å². The molecule has 1 amide bonds. The number of nitrogens with one attached hydrogen (secondary N) is 1. The quantitative estimate of drug-likeness (QED) is 0.238. The number of halogens is 3. The third-order valence-electron chi connectivity index (χ3n) is 4.95. The largest absolute Gasteiger partial charge is 0.426 e. The van der Waals surface area contributed by atoms with Gasteiger partial charge in [-0.15, -0.1) is 0 Å². The van der Waals surface area contributed by atoms with Gasteiger partial charge < -0.3 is 10.5 Å². The third kappa shape index (κ3) is 4.70. The van der Waals surface area contributed by atoms with Crippen molar-refractivity contribution in [1.82, 2.24) is 9.55 Å². The Balaban J connectivity index is 1.78. The minimum Gasteiger partial charge on any atom is -0.426 e. The Labute approximate surface area is 192 Å². The highest BCUT2D eigenvalue weighted by Crippen LogP contribution is 2.31. The molecule has 1 aromatic heterocycles. The Hall–Kier alpha value is -4.34. The number of rotatable bonds is 5. The molecular formula is C24H19F3N4O3. The number of ether oxygens (including phenoxy) is 1. The molecule has 3 aromatic carbocycles. The molecule has 0 aliphatic heterocycles. The fraction of sp³-hybridized carbons (Fsp3) is 0.125. The third-order valence-corrected chi connectivity index (χ3v) is 4.95. The number of hydrogen-bond donors (Lipinski definition) is 2. The Morgan fingerprint density at radius 2 is 1.82 bits per heavy atom. The molecule has 0 aliphatic carbocycles. The van der Waals surface area contributed by atoms with E-state index in [-0.39, 0.29) is 23.7 Å². The second-order valence-electron chi connectivity index (χ2n) is 7.38. The van der Waals surface area contributed by atoms with Gasteiger partial charge in [-0.1, -0.05) is 19.1 Å². The normalized spacial score (nSPS) is 11.4. The Morgan fingerprint density at radius 3 is 2.53 bits per heavy atom. The van der Waals surface area contributed by atoms with Crippen LogP contribution in [0.3, 0.4) is 0 Å². The molecule has 0 aliphatic rings. The fourth-order valence-electron chi connectivity index (χ4n) is 3.35. The summed E-state index contributed by atoms with van der Waals surface area (Å²) in [6.45, 7) is 1.66. The number of carbonyl (C=O) groups excluding carboxylic acids is 2. The average molecular weight is 468 g/mol. The number of amides is 1. The molecule has 0 bridgehead atoms. The average Bonchev–Trinajstić information content (AvgIpc) is 3.15. The van der Waals surface area contributed by atoms with Gasteiger partial charge in [0.2, 0.25) is 5.95 Å². The zero-order valence-corrected chi connectivity index (χ0v) is 17.9. The molecule has 3 N–H and O–H groups in total. The van der Waals surface area contributed by atoms with Crippen molar-refractivity contribution in [3.63, 3.8) is 0 Å². The second kappa shape index (κ2) is 8.89. The van der Waals surface area contributed by atoms with E-state index in [4.69, 9.17) is 10.5 Å². The molecule has 0 saturated carbocycles.